The first-order valence-electron chi connectivity index (χ1n) is 8.05. The largest absolute Gasteiger partial charge is 0.416 e. The first kappa shape index (κ1) is 18.6. The zero-order chi connectivity index (χ0) is 19.8. The van der Waals surface area contributed by atoms with E-state index in [0.717, 1.165) is 6.07 Å². The second-order valence-electron chi connectivity index (χ2n) is 6.10. The molecule has 0 spiro atoms. The maximum absolute atomic E-state index is 13.1. The highest BCUT2D eigenvalue weighted by molar-refractivity contribution is 6.20. The molecule has 8 heteroatoms. The van der Waals surface area contributed by atoms with E-state index in [4.69, 9.17) is 4.84 Å². The van der Waals surface area contributed by atoms with Gasteiger partial charge < -0.3 is 4.84 Å². The van der Waals surface area contributed by atoms with Crippen molar-refractivity contribution in [2.75, 3.05) is 0 Å². The van der Waals surface area contributed by atoms with Gasteiger partial charge >= 0.3 is 12.1 Å². The summed E-state index contributed by atoms with van der Waals surface area (Å²) < 4.78 is 39.3. The van der Waals surface area contributed by atoms with Crippen LogP contribution in [0.4, 0.5) is 13.2 Å². The molecule has 1 aliphatic rings. The van der Waals surface area contributed by atoms with E-state index in [1.807, 2.05) is 0 Å². The van der Waals surface area contributed by atoms with Gasteiger partial charge in [0.25, 0.3) is 11.8 Å². The Hall–Kier alpha value is -3.16. The molecule has 2 aromatic carbocycles. The number of carbonyl (C=O) groups is 3. The molecule has 0 aromatic heterocycles. The molecule has 3 rings (SSSR count). The quantitative estimate of drug-likeness (QED) is 0.757. The van der Waals surface area contributed by atoms with E-state index in [1.165, 1.54) is 37.3 Å². The van der Waals surface area contributed by atoms with Crippen LogP contribution in [0.25, 0.3) is 0 Å². The summed E-state index contributed by atoms with van der Waals surface area (Å²) in [5, 5.41) is 0.343. The maximum Gasteiger partial charge on any atom is 0.416 e. The van der Waals surface area contributed by atoms with E-state index >= 15 is 0 Å². The normalized spacial score (nSPS) is 14.9. The molecule has 0 saturated carbocycles. The van der Waals surface area contributed by atoms with Gasteiger partial charge in [0, 0.05) is 0 Å². The molecule has 0 saturated heterocycles. The molecule has 2 aromatic rings. The lowest BCUT2D eigenvalue weighted by Gasteiger charge is -2.19. The summed E-state index contributed by atoms with van der Waals surface area (Å²) in [5.74, 6) is -3.38. The average molecular weight is 377 g/mol. The average Bonchev–Trinajstić information content (AvgIpc) is 2.86. The van der Waals surface area contributed by atoms with Gasteiger partial charge in [0.15, 0.2) is 0 Å². The van der Waals surface area contributed by atoms with Crippen molar-refractivity contribution in [3.05, 3.63) is 70.8 Å². The van der Waals surface area contributed by atoms with Gasteiger partial charge in [-0.3, -0.25) is 9.59 Å². The SMILES string of the molecule is CC(CC(=O)ON1C(=O)c2ccccc2C1=O)c1ccccc1C(F)(F)F. The van der Waals surface area contributed by atoms with Gasteiger partial charge in [0.2, 0.25) is 0 Å². The van der Waals surface area contributed by atoms with Gasteiger partial charge in [-0.1, -0.05) is 42.3 Å². The molecule has 0 bridgehead atoms. The number of alkyl halides is 3. The third-order valence-corrected chi connectivity index (χ3v) is 4.22. The van der Waals surface area contributed by atoms with Crippen LogP contribution in [0.15, 0.2) is 48.5 Å². The predicted octanol–water partition coefficient (Wildman–Crippen LogP) is 3.95. The van der Waals surface area contributed by atoms with Crippen molar-refractivity contribution in [3.63, 3.8) is 0 Å². The Balaban J connectivity index is 1.73. The van der Waals surface area contributed by atoms with Gasteiger partial charge in [-0.2, -0.15) is 13.2 Å². The van der Waals surface area contributed by atoms with Crippen LogP contribution in [0.5, 0.6) is 0 Å². The van der Waals surface area contributed by atoms with Crippen LogP contribution in [0, 0.1) is 0 Å². The molecule has 1 atom stereocenters. The lowest BCUT2D eigenvalue weighted by molar-refractivity contribution is -0.169. The number of imide groups is 1. The van der Waals surface area contributed by atoms with E-state index in [2.05, 4.69) is 0 Å². The highest BCUT2D eigenvalue weighted by Crippen LogP contribution is 2.36. The number of nitrogens with zero attached hydrogens (tertiary/aromatic N) is 1. The van der Waals surface area contributed by atoms with E-state index in [9.17, 15) is 27.6 Å². The Labute approximate surface area is 152 Å². The number of hydroxylamine groups is 2. The van der Waals surface area contributed by atoms with E-state index in [0.29, 0.717) is 5.06 Å². The molecule has 2 amide bonds. The summed E-state index contributed by atoms with van der Waals surface area (Å²) in [6.45, 7) is 1.44. The molecule has 0 fully saturated rings. The smallest absolute Gasteiger partial charge is 0.330 e. The molecule has 1 aliphatic heterocycles. The molecule has 0 radical (unpaired) electrons. The molecule has 1 heterocycles. The Morgan fingerprint density at radius 3 is 2.07 bits per heavy atom. The predicted molar refractivity (Wildman–Crippen MR) is 87.5 cm³/mol. The minimum atomic E-state index is -4.56. The van der Waals surface area contributed by atoms with Crippen LogP contribution in [0.2, 0.25) is 0 Å². The highest BCUT2D eigenvalue weighted by Gasteiger charge is 2.39. The van der Waals surface area contributed by atoms with Gasteiger partial charge in [0.1, 0.15) is 0 Å². The van der Waals surface area contributed by atoms with Crippen molar-refractivity contribution >= 4 is 17.8 Å². The number of hydrogen-bond donors (Lipinski definition) is 0. The van der Waals surface area contributed by atoms with E-state index in [1.54, 1.807) is 12.1 Å². The number of carbonyl (C=O) groups excluding carboxylic acids is 3. The summed E-state index contributed by atoms with van der Waals surface area (Å²) in [6, 6.07) is 10.9. The monoisotopic (exact) mass is 377 g/mol. The summed E-state index contributed by atoms with van der Waals surface area (Å²) in [5.41, 5.74) is -0.702. The lowest BCUT2D eigenvalue weighted by Crippen LogP contribution is -2.33. The number of hydrogen-bond acceptors (Lipinski definition) is 4. The Bertz CT molecular complexity index is 888. The molecule has 140 valence electrons. The Morgan fingerprint density at radius 2 is 1.52 bits per heavy atom. The third-order valence-electron chi connectivity index (χ3n) is 4.22. The van der Waals surface area contributed by atoms with Crippen molar-refractivity contribution < 1.29 is 32.4 Å². The van der Waals surface area contributed by atoms with Crippen LogP contribution in [-0.4, -0.2) is 22.8 Å². The Morgan fingerprint density at radius 1 is 1.00 bits per heavy atom. The molecular weight excluding hydrogens is 363 g/mol. The highest BCUT2D eigenvalue weighted by atomic mass is 19.4. The zero-order valence-corrected chi connectivity index (χ0v) is 14.1. The molecular formula is C19H14F3NO4. The van der Waals surface area contributed by atoms with Crippen LogP contribution >= 0.6 is 0 Å². The fourth-order valence-corrected chi connectivity index (χ4v) is 2.93. The fraction of sp³-hybridized carbons (Fsp3) is 0.211. The Kier molecular flexibility index (Phi) is 4.73. The minimum absolute atomic E-state index is 0.0655. The number of halogens is 3. The van der Waals surface area contributed by atoms with Crippen molar-refractivity contribution in [1.82, 2.24) is 5.06 Å². The van der Waals surface area contributed by atoms with Crippen molar-refractivity contribution in [3.8, 4) is 0 Å². The van der Waals surface area contributed by atoms with Crippen molar-refractivity contribution in [2.45, 2.75) is 25.4 Å². The second-order valence-corrected chi connectivity index (χ2v) is 6.10. The second kappa shape index (κ2) is 6.86. The van der Waals surface area contributed by atoms with Crippen LogP contribution in [0.1, 0.15) is 51.1 Å². The number of rotatable bonds is 4. The topological polar surface area (TPSA) is 63.7 Å². The van der Waals surface area contributed by atoms with Crippen LogP contribution < -0.4 is 0 Å². The van der Waals surface area contributed by atoms with E-state index < -0.39 is 41.9 Å². The minimum Gasteiger partial charge on any atom is -0.330 e. The number of amides is 2. The number of fused-ring (bicyclic) bond motifs is 1. The standard InChI is InChI=1S/C19H14F3NO4/c1-11(12-6-4-5-9-15(12)19(20,21)22)10-16(24)27-23-17(25)13-7-2-3-8-14(13)18(23)26/h2-9,11H,10H2,1H3. The fourth-order valence-electron chi connectivity index (χ4n) is 2.93. The first-order chi connectivity index (χ1) is 12.7. The van der Waals surface area contributed by atoms with E-state index in [-0.39, 0.29) is 16.7 Å². The third kappa shape index (κ3) is 3.55. The van der Waals surface area contributed by atoms with Gasteiger partial charge in [0.05, 0.1) is 23.1 Å². The molecule has 0 N–H and O–H groups in total. The van der Waals surface area contributed by atoms with Crippen molar-refractivity contribution in [1.29, 1.82) is 0 Å². The van der Waals surface area contributed by atoms with Crippen LogP contribution in [0.3, 0.4) is 0 Å². The summed E-state index contributed by atoms with van der Waals surface area (Å²) in [4.78, 5) is 41.3. The van der Waals surface area contributed by atoms with Gasteiger partial charge in [-0.25, -0.2) is 4.79 Å². The van der Waals surface area contributed by atoms with Crippen LogP contribution in [-0.2, 0) is 15.8 Å². The molecule has 1 unspecified atom stereocenters. The molecule has 0 aliphatic carbocycles. The number of benzene rings is 2. The van der Waals surface area contributed by atoms with Gasteiger partial charge in [-0.15, -0.1) is 0 Å². The maximum atomic E-state index is 13.1. The first-order valence-corrected chi connectivity index (χ1v) is 8.05. The summed E-state index contributed by atoms with van der Waals surface area (Å²) in [6.07, 6.45) is -4.99. The molecule has 5 nitrogen and oxygen atoms in total. The molecule has 27 heavy (non-hydrogen) atoms. The zero-order valence-electron chi connectivity index (χ0n) is 14.1. The van der Waals surface area contributed by atoms with Gasteiger partial charge in [-0.05, 0) is 29.7 Å². The van der Waals surface area contributed by atoms with Crippen molar-refractivity contribution in [2.24, 2.45) is 0 Å². The summed E-state index contributed by atoms with van der Waals surface area (Å²) in [7, 11) is 0. The summed E-state index contributed by atoms with van der Waals surface area (Å²) >= 11 is 0. The lowest BCUT2D eigenvalue weighted by atomic mass is 9.93.